The van der Waals surface area contributed by atoms with Gasteiger partial charge in [-0.15, -0.1) is 0 Å². The van der Waals surface area contributed by atoms with Crippen molar-refractivity contribution in [2.75, 3.05) is 4.72 Å². The Balaban J connectivity index is 2.06. The predicted octanol–water partition coefficient (Wildman–Crippen LogP) is 4.30. The molecule has 0 aliphatic heterocycles. The van der Waals surface area contributed by atoms with Crippen LogP contribution in [0.4, 0.5) is 5.69 Å². The lowest BCUT2D eigenvalue weighted by Gasteiger charge is -2.19. The van der Waals surface area contributed by atoms with Crippen molar-refractivity contribution in [2.45, 2.75) is 31.1 Å². The molecular weight excluding hydrogens is 438 g/mol. The molecule has 0 bridgehead atoms. The highest BCUT2D eigenvalue weighted by Crippen LogP contribution is 2.37. The summed E-state index contributed by atoms with van der Waals surface area (Å²) >= 11 is 6.09. The summed E-state index contributed by atoms with van der Waals surface area (Å²) < 4.78 is 28.5. The molecule has 0 atom stereocenters. The summed E-state index contributed by atoms with van der Waals surface area (Å²) in [6, 6.07) is 12.3. The average Bonchev–Trinajstić information content (AvgIpc) is 2.69. The van der Waals surface area contributed by atoms with Crippen molar-refractivity contribution in [3.05, 3.63) is 70.9 Å². The molecule has 3 aromatic rings. The van der Waals surface area contributed by atoms with Gasteiger partial charge in [0.2, 0.25) is 0 Å². The van der Waals surface area contributed by atoms with Gasteiger partial charge in [-0.3, -0.25) is 14.5 Å². The monoisotopic (exact) mass is 459 g/mol. The summed E-state index contributed by atoms with van der Waals surface area (Å²) in [5, 5.41) is 10.8. The Kier molecular flexibility index (Phi) is 5.98. The molecule has 0 unspecified atom stereocenters. The van der Waals surface area contributed by atoms with E-state index in [0.717, 1.165) is 5.56 Å². The molecule has 1 heterocycles. The van der Waals surface area contributed by atoms with Gasteiger partial charge in [0.05, 0.1) is 16.1 Å². The number of nitrogens with zero attached hydrogens (tertiary/aromatic N) is 1. The number of halogens is 1. The first kappa shape index (κ1) is 22.6. The third kappa shape index (κ3) is 4.81. The van der Waals surface area contributed by atoms with Crippen LogP contribution in [0.2, 0.25) is 5.02 Å². The number of rotatable bonds is 5. The third-order valence-electron chi connectivity index (χ3n) is 4.70. The Morgan fingerprint density at radius 3 is 2.32 bits per heavy atom. The summed E-state index contributed by atoms with van der Waals surface area (Å²) in [6.45, 7) is 6.11. The van der Waals surface area contributed by atoms with E-state index >= 15 is 0 Å². The van der Waals surface area contributed by atoms with Crippen LogP contribution in [0.15, 0.2) is 59.6 Å². The van der Waals surface area contributed by atoms with Crippen LogP contribution in [0, 0.1) is 0 Å². The first-order valence-corrected chi connectivity index (χ1v) is 11.2. The van der Waals surface area contributed by atoms with Crippen LogP contribution in [-0.4, -0.2) is 24.4 Å². The molecule has 1 aromatic heterocycles. The van der Waals surface area contributed by atoms with Crippen molar-refractivity contribution in [2.24, 2.45) is 5.73 Å². The van der Waals surface area contributed by atoms with E-state index in [1.54, 1.807) is 12.1 Å². The number of aromatic hydroxyl groups is 1. The van der Waals surface area contributed by atoms with Crippen LogP contribution < -0.4 is 10.5 Å². The maximum absolute atomic E-state index is 13.0. The van der Waals surface area contributed by atoms with Gasteiger partial charge in [-0.1, -0.05) is 44.5 Å². The Morgan fingerprint density at radius 1 is 1.10 bits per heavy atom. The molecule has 7 nitrogen and oxygen atoms in total. The summed E-state index contributed by atoms with van der Waals surface area (Å²) in [5.41, 5.74) is 6.32. The minimum Gasteiger partial charge on any atom is -0.505 e. The number of aromatic nitrogens is 1. The van der Waals surface area contributed by atoms with Crippen LogP contribution >= 0.6 is 11.6 Å². The van der Waals surface area contributed by atoms with E-state index < -0.39 is 21.7 Å². The molecule has 162 valence electrons. The van der Waals surface area contributed by atoms with Crippen molar-refractivity contribution >= 4 is 33.2 Å². The number of sulfonamides is 1. The quantitative estimate of drug-likeness (QED) is 0.524. The standard InChI is InChI=1S/C22H22ClN3O4S/c1-22(2,3)13-4-7-15(8-5-13)31(29,30)26-18-9-6-14(23)12-17(18)19-20(27)16(21(24)28)10-11-25-19/h4-12,26-27H,1-3H3,(H2,24,28). The van der Waals surface area contributed by atoms with E-state index in [1.807, 2.05) is 20.8 Å². The number of hydrogen-bond donors (Lipinski definition) is 3. The summed E-state index contributed by atoms with van der Waals surface area (Å²) in [4.78, 5) is 15.7. The number of benzene rings is 2. The molecular formula is C22H22ClN3O4S. The fourth-order valence-corrected chi connectivity index (χ4v) is 4.24. The molecule has 3 rings (SSSR count). The maximum atomic E-state index is 13.0. The second kappa shape index (κ2) is 8.20. The van der Waals surface area contributed by atoms with Gasteiger partial charge in [0.1, 0.15) is 5.69 Å². The first-order valence-electron chi connectivity index (χ1n) is 9.31. The smallest absolute Gasteiger partial charge is 0.261 e. The SMILES string of the molecule is CC(C)(C)c1ccc(S(=O)(=O)Nc2ccc(Cl)cc2-c2nccc(C(N)=O)c2O)cc1. The second-order valence-electron chi connectivity index (χ2n) is 7.99. The lowest BCUT2D eigenvalue weighted by atomic mass is 9.87. The molecule has 31 heavy (non-hydrogen) atoms. The summed E-state index contributed by atoms with van der Waals surface area (Å²) in [6.07, 6.45) is 1.29. The Labute approximate surface area is 185 Å². The predicted molar refractivity (Wildman–Crippen MR) is 121 cm³/mol. The normalized spacial score (nSPS) is 11.9. The van der Waals surface area contributed by atoms with E-state index in [1.165, 1.54) is 42.6 Å². The Morgan fingerprint density at radius 2 is 1.74 bits per heavy atom. The van der Waals surface area contributed by atoms with Crippen molar-refractivity contribution in [1.29, 1.82) is 0 Å². The number of pyridine rings is 1. The fourth-order valence-electron chi connectivity index (χ4n) is 2.99. The van der Waals surface area contributed by atoms with Crippen molar-refractivity contribution in [1.82, 2.24) is 4.98 Å². The molecule has 0 aliphatic rings. The number of hydrogen-bond acceptors (Lipinski definition) is 5. The van der Waals surface area contributed by atoms with Crippen LogP contribution in [0.3, 0.4) is 0 Å². The third-order valence-corrected chi connectivity index (χ3v) is 6.32. The summed E-state index contributed by atoms with van der Waals surface area (Å²) in [7, 11) is -3.95. The number of anilines is 1. The fraction of sp³-hybridized carbons (Fsp3) is 0.182. The topological polar surface area (TPSA) is 122 Å². The van der Waals surface area contributed by atoms with E-state index in [0.29, 0.717) is 0 Å². The van der Waals surface area contributed by atoms with E-state index in [4.69, 9.17) is 17.3 Å². The van der Waals surface area contributed by atoms with Crippen LogP contribution in [-0.2, 0) is 15.4 Å². The van der Waals surface area contributed by atoms with Gasteiger partial charge in [0.15, 0.2) is 5.75 Å². The van der Waals surface area contributed by atoms with Gasteiger partial charge in [-0.25, -0.2) is 8.42 Å². The minimum absolute atomic E-state index is 0.0282. The van der Waals surface area contributed by atoms with Gasteiger partial charge in [0, 0.05) is 16.8 Å². The zero-order chi connectivity index (χ0) is 23.0. The number of nitrogens with two attached hydrogens (primary N) is 1. The minimum atomic E-state index is -3.95. The lowest BCUT2D eigenvalue weighted by Crippen LogP contribution is -2.15. The maximum Gasteiger partial charge on any atom is 0.261 e. The highest BCUT2D eigenvalue weighted by molar-refractivity contribution is 7.92. The Bertz CT molecular complexity index is 1250. The van der Waals surface area contributed by atoms with Gasteiger partial charge in [0.25, 0.3) is 15.9 Å². The number of carbonyl (C=O) groups excluding carboxylic acids is 1. The zero-order valence-corrected chi connectivity index (χ0v) is 18.8. The highest BCUT2D eigenvalue weighted by atomic mass is 35.5. The van der Waals surface area contributed by atoms with E-state index in [-0.39, 0.29) is 37.8 Å². The molecule has 0 radical (unpaired) electrons. The zero-order valence-electron chi connectivity index (χ0n) is 17.2. The van der Waals surface area contributed by atoms with E-state index in [9.17, 15) is 18.3 Å². The molecule has 0 saturated heterocycles. The van der Waals surface area contributed by atoms with Crippen LogP contribution in [0.5, 0.6) is 5.75 Å². The van der Waals surface area contributed by atoms with Crippen LogP contribution in [0.1, 0.15) is 36.7 Å². The molecule has 9 heteroatoms. The Hall–Kier alpha value is -3.10. The number of nitrogens with one attached hydrogen (secondary N) is 1. The molecule has 0 saturated carbocycles. The second-order valence-corrected chi connectivity index (χ2v) is 10.1. The molecule has 0 fully saturated rings. The van der Waals surface area contributed by atoms with Crippen molar-refractivity contribution in [3.8, 4) is 17.0 Å². The average molecular weight is 460 g/mol. The highest BCUT2D eigenvalue weighted by Gasteiger charge is 2.22. The lowest BCUT2D eigenvalue weighted by molar-refractivity contribution is 0.0997. The molecule has 2 aromatic carbocycles. The molecule has 1 amide bonds. The largest absolute Gasteiger partial charge is 0.505 e. The van der Waals surface area contributed by atoms with Gasteiger partial charge < -0.3 is 10.8 Å². The first-order chi connectivity index (χ1) is 14.4. The van der Waals surface area contributed by atoms with Gasteiger partial charge >= 0.3 is 0 Å². The van der Waals surface area contributed by atoms with Crippen molar-refractivity contribution in [3.63, 3.8) is 0 Å². The van der Waals surface area contributed by atoms with Gasteiger partial charge in [-0.2, -0.15) is 0 Å². The summed E-state index contributed by atoms with van der Waals surface area (Å²) in [5.74, 6) is -1.31. The molecule has 4 N–H and O–H groups in total. The number of amides is 1. The number of carbonyl (C=O) groups is 1. The molecule has 0 aliphatic carbocycles. The van der Waals surface area contributed by atoms with Crippen molar-refractivity contribution < 1.29 is 18.3 Å². The van der Waals surface area contributed by atoms with E-state index in [2.05, 4.69) is 9.71 Å². The van der Waals surface area contributed by atoms with Crippen LogP contribution in [0.25, 0.3) is 11.3 Å². The van der Waals surface area contributed by atoms with Gasteiger partial charge in [-0.05, 0) is 47.4 Å². The number of primary amides is 1. The molecule has 0 spiro atoms.